The van der Waals surface area contributed by atoms with E-state index in [4.69, 9.17) is 4.74 Å². The molecular weight excluding hydrogens is 308 g/mol. The SMILES string of the molecule is COc1ccc(SCC(=O)Nc2ccc3[nH]c(C)cc3c2)cc1. The zero-order chi connectivity index (χ0) is 16.2. The highest BCUT2D eigenvalue weighted by Gasteiger charge is 2.05. The van der Waals surface area contributed by atoms with Crippen molar-refractivity contribution in [2.75, 3.05) is 18.2 Å². The molecule has 1 amide bonds. The maximum Gasteiger partial charge on any atom is 0.234 e. The Kier molecular flexibility index (Phi) is 4.57. The van der Waals surface area contributed by atoms with Crippen molar-refractivity contribution in [3.63, 3.8) is 0 Å². The number of thioether (sulfide) groups is 1. The van der Waals surface area contributed by atoms with E-state index >= 15 is 0 Å². The number of rotatable bonds is 5. The molecule has 2 aromatic carbocycles. The second kappa shape index (κ2) is 6.79. The van der Waals surface area contributed by atoms with E-state index in [1.165, 1.54) is 11.8 Å². The van der Waals surface area contributed by atoms with Gasteiger partial charge in [0, 0.05) is 27.2 Å². The van der Waals surface area contributed by atoms with Crippen molar-refractivity contribution >= 4 is 34.3 Å². The van der Waals surface area contributed by atoms with E-state index in [1.807, 2.05) is 49.4 Å². The van der Waals surface area contributed by atoms with Gasteiger partial charge in [0.15, 0.2) is 0 Å². The normalized spacial score (nSPS) is 10.7. The van der Waals surface area contributed by atoms with Crippen LogP contribution < -0.4 is 10.1 Å². The van der Waals surface area contributed by atoms with Crippen molar-refractivity contribution in [3.05, 3.63) is 54.2 Å². The lowest BCUT2D eigenvalue weighted by Crippen LogP contribution is -2.13. The topological polar surface area (TPSA) is 54.1 Å². The lowest BCUT2D eigenvalue weighted by atomic mass is 10.2. The largest absolute Gasteiger partial charge is 0.497 e. The number of fused-ring (bicyclic) bond motifs is 1. The third-order valence-corrected chi connectivity index (χ3v) is 4.48. The highest BCUT2D eigenvalue weighted by atomic mass is 32.2. The summed E-state index contributed by atoms with van der Waals surface area (Å²) in [6.45, 7) is 2.02. The summed E-state index contributed by atoms with van der Waals surface area (Å²) in [5.74, 6) is 1.17. The summed E-state index contributed by atoms with van der Waals surface area (Å²) in [5.41, 5.74) is 3.00. The van der Waals surface area contributed by atoms with Crippen LogP contribution in [0.25, 0.3) is 10.9 Å². The minimum atomic E-state index is -0.0163. The van der Waals surface area contributed by atoms with Crippen LogP contribution in [0.15, 0.2) is 53.4 Å². The number of benzene rings is 2. The van der Waals surface area contributed by atoms with Gasteiger partial charge in [-0.05, 0) is 55.5 Å². The number of H-pyrrole nitrogens is 1. The Morgan fingerprint density at radius 2 is 1.96 bits per heavy atom. The molecule has 0 unspecified atom stereocenters. The molecule has 0 saturated carbocycles. The van der Waals surface area contributed by atoms with Gasteiger partial charge in [-0.25, -0.2) is 0 Å². The average molecular weight is 326 g/mol. The molecule has 23 heavy (non-hydrogen) atoms. The van der Waals surface area contributed by atoms with Crippen molar-refractivity contribution < 1.29 is 9.53 Å². The van der Waals surface area contributed by atoms with E-state index in [9.17, 15) is 4.79 Å². The molecule has 2 N–H and O–H groups in total. The Balaban J connectivity index is 1.59. The van der Waals surface area contributed by atoms with E-state index < -0.39 is 0 Å². The molecule has 0 spiro atoms. The standard InChI is InChI=1S/C18H18N2O2S/c1-12-9-13-10-14(3-8-17(13)19-12)20-18(21)11-23-16-6-4-15(22-2)5-7-16/h3-10,19H,11H2,1-2H3,(H,20,21). The molecule has 1 aromatic heterocycles. The second-order valence-corrected chi connectivity index (χ2v) is 6.32. The van der Waals surface area contributed by atoms with Gasteiger partial charge in [-0.3, -0.25) is 4.79 Å². The Bertz CT molecular complexity index is 825. The molecule has 0 fully saturated rings. The number of ether oxygens (including phenoxy) is 1. The van der Waals surface area contributed by atoms with E-state index in [-0.39, 0.29) is 5.91 Å². The molecule has 118 valence electrons. The van der Waals surface area contributed by atoms with Crippen molar-refractivity contribution in [2.45, 2.75) is 11.8 Å². The zero-order valence-corrected chi connectivity index (χ0v) is 13.9. The minimum absolute atomic E-state index is 0.0163. The molecule has 3 aromatic rings. The first-order valence-electron chi connectivity index (χ1n) is 7.30. The molecule has 0 aliphatic carbocycles. The van der Waals surface area contributed by atoms with Crippen LogP contribution in [0.4, 0.5) is 5.69 Å². The number of aryl methyl sites for hydroxylation is 1. The number of nitrogens with one attached hydrogen (secondary N) is 2. The fraction of sp³-hybridized carbons (Fsp3) is 0.167. The van der Waals surface area contributed by atoms with Crippen LogP contribution in [-0.2, 0) is 4.79 Å². The number of hydrogen-bond acceptors (Lipinski definition) is 3. The molecular formula is C18H18N2O2S. The second-order valence-electron chi connectivity index (χ2n) is 5.27. The minimum Gasteiger partial charge on any atom is -0.497 e. The number of aromatic amines is 1. The van der Waals surface area contributed by atoms with Gasteiger partial charge in [0.25, 0.3) is 0 Å². The third-order valence-electron chi connectivity index (χ3n) is 3.47. The highest BCUT2D eigenvalue weighted by Crippen LogP contribution is 2.23. The smallest absolute Gasteiger partial charge is 0.234 e. The number of methoxy groups -OCH3 is 1. The number of anilines is 1. The maximum atomic E-state index is 12.1. The lowest BCUT2D eigenvalue weighted by molar-refractivity contribution is -0.113. The Labute approximate surface area is 139 Å². The fourth-order valence-corrected chi connectivity index (χ4v) is 3.07. The Hall–Kier alpha value is -2.40. The van der Waals surface area contributed by atoms with Crippen LogP contribution in [0.2, 0.25) is 0 Å². The summed E-state index contributed by atoms with van der Waals surface area (Å²) in [6.07, 6.45) is 0. The van der Waals surface area contributed by atoms with Crippen LogP contribution in [-0.4, -0.2) is 23.8 Å². The summed E-state index contributed by atoms with van der Waals surface area (Å²) in [5, 5.41) is 4.04. The van der Waals surface area contributed by atoms with Gasteiger partial charge in [0.05, 0.1) is 12.9 Å². The van der Waals surface area contributed by atoms with E-state index in [2.05, 4.69) is 16.4 Å². The Morgan fingerprint density at radius 3 is 2.70 bits per heavy atom. The summed E-state index contributed by atoms with van der Waals surface area (Å²) < 4.78 is 5.12. The quantitative estimate of drug-likeness (QED) is 0.690. The molecule has 0 saturated heterocycles. The predicted molar refractivity (Wildman–Crippen MR) is 95.4 cm³/mol. The molecule has 4 nitrogen and oxygen atoms in total. The number of carbonyl (C=O) groups is 1. The maximum absolute atomic E-state index is 12.1. The molecule has 1 heterocycles. The van der Waals surface area contributed by atoms with Gasteiger partial charge in [-0.1, -0.05) is 0 Å². The van der Waals surface area contributed by atoms with Crippen molar-refractivity contribution in [3.8, 4) is 5.75 Å². The lowest BCUT2D eigenvalue weighted by Gasteiger charge is -2.06. The number of aromatic nitrogens is 1. The van der Waals surface area contributed by atoms with E-state index in [0.29, 0.717) is 5.75 Å². The summed E-state index contributed by atoms with van der Waals surface area (Å²) in [7, 11) is 1.64. The summed E-state index contributed by atoms with van der Waals surface area (Å²) >= 11 is 1.50. The van der Waals surface area contributed by atoms with Crippen molar-refractivity contribution in [1.29, 1.82) is 0 Å². The van der Waals surface area contributed by atoms with Gasteiger partial charge >= 0.3 is 0 Å². The van der Waals surface area contributed by atoms with Gasteiger partial charge in [0.2, 0.25) is 5.91 Å². The zero-order valence-electron chi connectivity index (χ0n) is 13.1. The van der Waals surface area contributed by atoms with E-state index in [0.717, 1.165) is 32.9 Å². The first-order valence-corrected chi connectivity index (χ1v) is 8.29. The number of amides is 1. The molecule has 5 heteroatoms. The van der Waals surface area contributed by atoms with Crippen LogP contribution in [0.5, 0.6) is 5.75 Å². The van der Waals surface area contributed by atoms with Crippen LogP contribution in [0.1, 0.15) is 5.69 Å². The van der Waals surface area contributed by atoms with Crippen LogP contribution in [0, 0.1) is 6.92 Å². The van der Waals surface area contributed by atoms with Gasteiger partial charge in [-0.2, -0.15) is 0 Å². The predicted octanol–water partition coefficient (Wildman–Crippen LogP) is 4.22. The number of carbonyl (C=O) groups excluding carboxylic acids is 1. The Morgan fingerprint density at radius 1 is 1.17 bits per heavy atom. The highest BCUT2D eigenvalue weighted by molar-refractivity contribution is 8.00. The molecule has 0 aliphatic heterocycles. The fourth-order valence-electron chi connectivity index (χ4n) is 2.37. The molecule has 0 radical (unpaired) electrons. The molecule has 0 aliphatic rings. The van der Waals surface area contributed by atoms with Crippen LogP contribution in [0.3, 0.4) is 0 Å². The van der Waals surface area contributed by atoms with Crippen molar-refractivity contribution in [1.82, 2.24) is 4.98 Å². The van der Waals surface area contributed by atoms with Gasteiger partial charge in [-0.15, -0.1) is 11.8 Å². The average Bonchev–Trinajstić information content (AvgIpc) is 2.92. The van der Waals surface area contributed by atoms with Gasteiger partial charge < -0.3 is 15.0 Å². The summed E-state index contributed by atoms with van der Waals surface area (Å²) in [6, 6.07) is 15.6. The van der Waals surface area contributed by atoms with Crippen molar-refractivity contribution in [2.24, 2.45) is 0 Å². The molecule has 0 bridgehead atoms. The first kappa shape index (κ1) is 15.5. The van der Waals surface area contributed by atoms with Gasteiger partial charge in [0.1, 0.15) is 5.75 Å². The molecule has 3 rings (SSSR count). The molecule has 0 atom stereocenters. The first-order chi connectivity index (χ1) is 11.1. The van der Waals surface area contributed by atoms with Crippen LogP contribution >= 0.6 is 11.8 Å². The number of hydrogen-bond donors (Lipinski definition) is 2. The third kappa shape index (κ3) is 3.87. The monoisotopic (exact) mass is 326 g/mol. The summed E-state index contributed by atoms with van der Waals surface area (Å²) in [4.78, 5) is 16.4. The van der Waals surface area contributed by atoms with E-state index in [1.54, 1.807) is 7.11 Å².